The van der Waals surface area contributed by atoms with E-state index in [-0.39, 0.29) is 12.7 Å². The number of amides is 1. The van der Waals surface area contributed by atoms with Gasteiger partial charge in [0.15, 0.2) is 0 Å². The monoisotopic (exact) mass is 265 g/mol. The van der Waals surface area contributed by atoms with Crippen LogP contribution in [0.5, 0.6) is 0 Å². The summed E-state index contributed by atoms with van der Waals surface area (Å²) >= 11 is 0. The Morgan fingerprint density at radius 3 is 2.58 bits per heavy atom. The highest BCUT2D eigenvalue weighted by Crippen LogP contribution is 2.05. The Labute approximate surface area is 115 Å². The van der Waals surface area contributed by atoms with Gasteiger partial charge in [0, 0.05) is 26.2 Å². The van der Waals surface area contributed by atoms with Crippen molar-refractivity contribution >= 4 is 6.09 Å². The van der Waals surface area contributed by atoms with Crippen molar-refractivity contribution < 1.29 is 9.53 Å². The fraction of sp³-hybridized carbons (Fsp3) is 0.500. The summed E-state index contributed by atoms with van der Waals surface area (Å²) in [5.41, 5.74) is 6.14. The van der Waals surface area contributed by atoms with Crippen LogP contribution in [0.2, 0.25) is 0 Å². The second-order valence-electron chi connectivity index (χ2n) is 4.31. The molecule has 0 aromatic carbocycles. The fourth-order valence-corrected chi connectivity index (χ4v) is 1.91. The van der Waals surface area contributed by atoms with Gasteiger partial charge in [-0.25, -0.2) is 4.79 Å². The third-order valence-electron chi connectivity index (χ3n) is 3.08. The number of carbonyl (C=O) groups excluding carboxylic acids is 1. The van der Waals surface area contributed by atoms with E-state index in [1.54, 1.807) is 23.1 Å². The van der Waals surface area contributed by atoms with E-state index in [0.717, 1.165) is 38.3 Å². The van der Waals surface area contributed by atoms with Gasteiger partial charge >= 0.3 is 6.09 Å². The Bertz CT molecular complexity index is 356. The molecule has 19 heavy (non-hydrogen) atoms. The Morgan fingerprint density at radius 2 is 2.05 bits per heavy atom. The molecule has 0 unspecified atom stereocenters. The van der Waals surface area contributed by atoms with Gasteiger partial charge in [-0.05, 0) is 24.4 Å². The van der Waals surface area contributed by atoms with Crippen LogP contribution in [-0.4, -0.2) is 55.2 Å². The second-order valence-corrected chi connectivity index (χ2v) is 4.31. The number of nitrogens with zero attached hydrogens (tertiary/aromatic N) is 2. The lowest BCUT2D eigenvalue weighted by molar-refractivity contribution is 0.0837. The van der Waals surface area contributed by atoms with Gasteiger partial charge in [0.25, 0.3) is 0 Å². The minimum atomic E-state index is -0.267. The lowest BCUT2D eigenvalue weighted by Crippen LogP contribution is -2.48. The number of hydrogen-bond acceptors (Lipinski definition) is 4. The number of nitrogens with two attached hydrogens (primary N) is 1. The van der Waals surface area contributed by atoms with Crippen molar-refractivity contribution in [2.24, 2.45) is 5.73 Å². The lowest BCUT2D eigenvalue weighted by Gasteiger charge is -2.33. The highest BCUT2D eigenvalue weighted by molar-refractivity contribution is 5.68. The van der Waals surface area contributed by atoms with Crippen LogP contribution >= 0.6 is 0 Å². The molecule has 0 atom stereocenters. The molecule has 1 fully saturated rings. The summed E-state index contributed by atoms with van der Waals surface area (Å²) in [7, 11) is 0. The van der Waals surface area contributed by atoms with Crippen molar-refractivity contribution in [1.29, 1.82) is 0 Å². The molecule has 5 nitrogen and oxygen atoms in total. The number of hydrogen-bond donors (Lipinski definition) is 1. The van der Waals surface area contributed by atoms with E-state index < -0.39 is 0 Å². The molecule has 0 saturated carbocycles. The van der Waals surface area contributed by atoms with Crippen LogP contribution in [0.1, 0.15) is 6.92 Å². The Hall–Kier alpha value is -1.75. The van der Waals surface area contributed by atoms with Crippen LogP contribution in [0.15, 0.2) is 36.6 Å². The Kier molecular flexibility index (Phi) is 6.74. The first-order chi connectivity index (χ1) is 9.21. The summed E-state index contributed by atoms with van der Waals surface area (Å²) in [6.07, 6.45) is 6.26. The smallest absolute Gasteiger partial charge is 0.410 e. The van der Waals surface area contributed by atoms with E-state index in [9.17, 15) is 4.79 Å². The molecule has 0 radical (unpaired) electrons. The van der Waals surface area contributed by atoms with E-state index in [1.807, 2.05) is 0 Å². The van der Waals surface area contributed by atoms with Gasteiger partial charge in [-0.2, -0.15) is 0 Å². The minimum absolute atomic E-state index is 0.215. The molecule has 0 aromatic rings. The van der Waals surface area contributed by atoms with Crippen molar-refractivity contribution in [2.75, 3.05) is 39.3 Å². The molecule has 0 bridgehead atoms. The van der Waals surface area contributed by atoms with Gasteiger partial charge in [-0.1, -0.05) is 25.7 Å². The summed E-state index contributed by atoms with van der Waals surface area (Å²) in [4.78, 5) is 15.9. The minimum Gasteiger partial charge on any atom is -0.445 e. The van der Waals surface area contributed by atoms with Gasteiger partial charge in [0.2, 0.25) is 0 Å². The number of rotatable bonds is 5. The predicted molar refractivity (Wildman–Crippen MR) is 76.6 cm³/mol. The van der Waals surface area contributed by atoms with Gasteiger partial charge in [0.1, 0.15) is 6.61 Å². The largest absolute Gasteiger partial charge is 0.445 e. The zero-order chi connectivity index (χ0) is 14.1. The standard InChI is InChI=1S/C14H23N3O2/c1-3-5-13(6-7-15)12-19-14(18)17-10-8-16(4-2)9-11-17/h3,5-7H,1,4,8-12,15H2,2H3/b7-6-,13-5+. The summed E-state index contributed by atoms with van der Waals surface area (Å²) in [6, 6.07) is 0. The molecular formula is C14H23N3O2. The Balaban J connectivity index is 2.39. The highest BCUT2D eigenvalue weighted by Gasteiger charge is 2.21. The topological polar surface area (TPSA) is 58.8 Å². The maximum Gasteiger partial charge on any atom is 0.410 e. The SMILES string of the molecule is C=C/C=C(\C=C/N)COC(=O)N1CCN(CC)CC1. The molecule has 1 heterocycles. The first-order valence-corrected chi connectivity index (χ1v) is 6.55. The molecule has 1 rings (SSSR count). The van der Waals surface area contributed by atoms with Crippen LogP contribution in [0.4, 0.5) is 4.79 Å². The number of carbonyl (C=O) groups is 1. The first kappa shape index (κ1) is 15.3. The zero-order valence-electron chi connectivity index (χ0n) is 11.5. The van der Waals surface area contributed by atoms with E-state index in [0.29, 0.717) is 0 Å². The molecule has 0 aliphatic carbocycles. The summed E-state index contributed by atoms with van der Waals surface area (Å²) in [6.45, 7) is 10.2. The number of ether oxygens (including phenoxy) is 1. The average molecular weight is 265 g/mol. The van der Waals surface area contributed by atoms with E-state index in [1.165, 1.54) is 6.20 Å². The van der Waals surface area contributed by atoms with E-state index in [4.69, 9.17) is 10.5 Å². The molecule has 2 N–H and O–H groups in total. The quantitative estimate of drug-likeness (QED) is 0.762. The van der Waals surface area contributed by atoms with Crippen LogP contribution < -0.4 is 5.73 Å². The molecule has 1 aliphatic heterocycles. The van der Waals surface area contributed by atoms with Crippen molar-refractivity contribution in [3.05, 3.63) is 36.6 Å². The van der Waals surface area contributed by atoms with Crippen LogP contribution in [0, 0.1) is 0 Å². The van der Waals surface area contributed by atoms with Crippen LogP contribution in [0.25, 0.3) is 0 Å². The van der Waals surface area contributed by atoms with E-state index >= 15 is 0 Å². The Morgan fingerprint density at radius 1 is 1.37 bits per heavy atom. The zero-order valence-corrected chi connectivity index (χ0v) is 11.5. The van der Waals surface area contributed by atoms with Gasteiger partial charge in [-0.15, -0.1) is 0 Å². The molecule has 106 valence electrons. The van der Waals surface area contributed by atoms with Crippen molar-refractivity contribution in [2.45, 2.75) is 6.92 Å². The van der Waals surface area contributed by atoms with Gasteiger partial charge < -0.3 is 20.3 Å². The summed E-state index contributed by atoms with van der Waals surface area (Å²) < 4.78 is 5.26. The molecule has 1 saturated heterocycles. The van der Waals surface area contributed by atoms with Crippen molar-refractivity contribution in [1.82, 2.24) is 9.80 Å². The molecular weight excluding hydrogens is 242 g/mol. The highest BCUT2D eigenvalue weighted by atomic mass is 16.6. The molecule has 0 spiro atoms. The molecule has 0 aromatic heterocycles. The lowest BCUT2D eigenvalue weighted by atomic mass is 10.2. The van der Waals surface area contributed by atoms with Gasteiger partial charge in [-0.3, -0.25) is 0 Å². The molecule has 5 heteroatoms. The first-order valence-electron chi connectivity index (χ1n) is 6.55. The van der Waals surface area contributed by atoms with Crippen LogP contribution in [-0.2, 0) is 4.74 Å². The van der Waals surface area contributed by atoms with Crippen molar-refractivity contribution in [3.8, 4) is 0 Å². The second kappa shape index (κ2) is 8.37. The number of allylic oxidation sites excluding steroid dienone is 2. The van der Waals surface area contributed by atoms with Gasteiger partial charge in [0.05, 0.1) is 0 Å². The normalized spacial score (nSPS) is 17.7. The van der Waals surface area contributed by atoms with Crippen molar-refractivity contribution in [3.63, 3.8) is 0 Å². The van der Waals surface area contributed by atoms with Crippen LogP contribution in [0.3, 0.4) is 0 Å². The fourth-order valence-electron chi connectivity index (χ4n) is 1.91. The predicted octanol–water partition coefficient (Wildman–Crippen LogP) is 1.35. The van der Waals surface area contributed by atoms with E-state index in [2.05, 4.69) is 18.4 Å². The molecule has 1 amide bonds. The maximum absolute atomic E-state index is 11.9. The summed E-state index contributed by atoms with van der Waals surface area (Å²) in [5, 5.41) is 0. The molecule has 1 aliphatic rings. The summed E-state index contributed by atoms with van der Waals surface area (Å²) in [5.74, 6) is 0. The number of piperazine rings is 1. The number of likely N-dealkylation sites (N-methyl/N-ethyl adjacent to an activating group) is 1. The third kappa shape index (κ3) is 5.18. The average Bonchev–Trinajstić information content (AvgIpc) is 2.45. The maximum atomic E-state index is 11.9. The third-order valence-corrected chi connectivity index (χ3v) is 3.08.